The molecule has 0 spiro atoms. The van der Waals surface area contributed by atoms with Crippen molar-refractivity contribution in [3.8, 4) is 0 Å². The summed E-state index contributed by atoms with van der Waals surface area (Å²) in [6.45, 7) is 13.5. The summed E-state index contributed by atoms with van der Waals surface area (Å²) in [5.41, 5.74) is 5.16. The van der Waals surface area contributed by atoms with Crippen molar-refractivity contribution in [2.45, 2.75) is 47.0 Å². The zero-order chi connectivity index (χ0) is 17.7. The number of hydrogen-bond acceptors (Lipinski definition) is 0. The molecule has 0 amide bonds. The maximum Gasteiger partial charge on any atom is 0.0406 e. The third kappa shape index (κ3) is 5.83. The fourth-order valence-electron chi connectivity index (χ4n) is 2.84. The lowest BCUT2D eigenvalue weighted by atomic mass is 9.85. The van der Waals surface area contributed by atoms with Gasteiger partial charge in [-0.25, -0.2) is 0 Å². The van der Waals surface area contributed by atoms with Gasteiger partial charge in [-0.05, 0) is 65.0 Å². The van der Waals surface area contributed by atoms with Gasteiger partial charge < -0.3 is 0 Å². The minimum absolute atomic E-state index is 0.425. The van der Waals surface area contributed by atoms with Gasteiger partial charge in [0.1, 0.15) is 0 Å². The first kappa shape index (κ1) is 18.8. The van der Waals surface area contributed by atoms with E-state index in [1.54, 1.807) is 0 Å². The van der Waals surface area contributed by atoms with E-state index in [2.05, 4.69) is 58.5 Å². The largest absolute Gasteiger partial charge is 0.0906 e. The molecule has 0 heterocycles. The highest BCUT2D eigenvalue weighted by atomic mass is 35.5. The Morgan fingerprint density at radius 3 is 1.96 bits per heavy atom. The quantitative estimate of drug-likeness (QED) is 0.513. The van der Waals surface area contributed by atoms with E-state index in [1.807, 2.05) is 24.3 Å². The van der Waals surface area contributed by atoms with Crippen LogP contribution in [0.1, 0.15) is 57.2 Å². The monoisotopic (exact) mass is 340 g/mol. The van der Waals surface area contributed by atoms with Crippen LogP contribution < -0.4 is 0 Å². The molecule has 0 radical (unpaired) electrons. The molecule has 24 heavy (non-hydrogen) atoms. The maximum atomic E-state index is 5.96. The molecule has 128 valence electrons. The predicted octanol–water partition coefficient (Wildman–Crippen LogP) is 7.41. The van der Waals surface area contributed by atoms with E-state index in [-0.39, 0.29) is 0 Å². The summed E-state index contributed by atoms with van der Waals surface area (Å²) < 4.78 is 0. The van der Waals surface area contributed by atoms with E-state index in [1.165, 1.54) is 24.0 Å². The molecule has 0 bridgehead atoms. The van der Waals surface area contributed by atoms with Gasteiger partial charge in [-0.2, -0.15) is 0 Å². The van der Waals surface area contributed by atoms with Gasteiger partial charge >= 0.3 is 0 Å². The Morgan fingerprint density at radius 2 is 1.46 bits per heavy atom. The van der Waals surface area contributed by atoms with Crippen molar-refractivity contribution >= 4 is 17.2 Å². The normalized spacial score (nSPS) is 12.9. The predicted molar refractivity (Wildman–Crippen MR) is 108 cm³/mol. The summed E-state index contributed by atoms with van der Waals surface area (Å²) in [5.74, 6) is 0.717. The molecule has 0 saturated carbocycles. The molecule has 0 aromatic heterocycles. The highest BCUT2D eigenvalue weighted by Crippen LogP contribution is 2.26. The van der Waals surface area contributed by atoms with Crippen LogP contribution in [0.15, 0.2) is 55.1 Å². The molecule has 0 N–H and O–H groups in total. The van der Waals surface area contributed by atoms with Gasteiger partial charge in [0.2, 0.25) is 0 Å². The minimum Gasteiger partial charge on any atom is -0.0906 e. The second-order valence-corrected chi connectivity index (χ2v) is 8.53. The van der Waals surface area contributed by atoms with Crippen LogP contribution in [0, 0.1) is 11.3 Å². The summed E-state index contributed by atoms with van der Waals surface area (Å²) >= 11 is 5.96. The highest BCUT2D eigenvalue weighted by Gasteiger charge is 2.13. The van der Waals surface area contributed by atoms with E-state index in [0.29, 0.717) is 5.41 Å². The molecule has 2 aromatic carbocycles. The first-order chi connectivity index (χ1) is 11.2. The van der Waals surface area contributed by atoms with E-state index in [0.717, 1.165) is 28.5 Å². The van der Waals surface area contributed by atoms with E-state index in [4.69, 9.17) is 11.6 Å². The van der Waals surface area contributed by atoms with Crippen LogP contribution in [-0.4, -0.2) is 0 Å². The number of rotatable bonds is 6. The molecule has 0 saturated heterocycles. The van der Waals surface area contributed by atoms with E-state index >= 15 is 0 Å². The lowest BCUT2D eigenvalue weighted by molar-refractivity contribution is 0.329. The van der Waals surface area contributed by atoms with Crippen molar-refractivity contribution in [1.82, 2.24) is 0 Å². The average Bonchev–Trinajstić information content (AvgIpc) is 2.53. The summed E-state index contributed by atoms with van der Waals surface area (Å²) in [5, 5.41) is 0.756. The van der Waals surface area contributed by atoms with Crippen molar-refractivity contribution < 1.29 is 0 Å². The fourth-order valence-corrected chi connectivity index (χ4v) is 2.97. The topological polar surface area (TPSA) is 0 Å². The Bertz CT molecular complexity index is 657. The van der Waals surface area contributed by atoms with Crippen LogP contribution in [0.4, 0.5) is 0 Å². The lowest BCUT2D eigenvalue weighted by Crippen LogP contribution is -2.09. The highest BCUT2D eigenvalue weighted by molar-refractivity contribution is 6.30. The molecule has 2 aromatic rings. The molecule has 0 aliphatic heterocycles. The molecule has 0 fully saturated rings. The van der Waals surface area contributed by atoms with Gasteiger partial charge in [0.15, 0.2) is 0 Å². The summed E-state index contributed by atoms with van der Waals surface area (Å²) in [6, 6.07) is 16.7. The number of benzene rings is 2. The van der Waals surface area contributed by atoms with Crippen molar-refractivity contribution in [3.63, 3.8) is 0 Å². The zero-order valence-corrected chi connectivity index (χ0v) is 16.2. The Kier molecular flexibility index (Phi) is 6.29. The van der Waals surface area contributed by atoms with Gasteiger partial charge in [-0.3, -0.25) is 0 Å². The Labute approximate surface area is 152 Å². The maximum absolute atomic E-state index is 5.96. The van der Waals surface area contributed by atoms with Crippen molar-refractivity contribution in [1.29, 1.82) is 0 Å². The summed E-state index contributed by atoms with van der Waals surface area (Å²) in [6.07, 6.45) is 3.70. The van der Waals surface area contributed by atoms with Gasteiger partial charge in [0.25, 0.3) is 0 Å². The molecular weight excluding hydrogens is 312 g/mol. The fraction of sp³-hybridized carbons (Fsp3) is 0.391. The molecule has 0 nitrogen and oxygen atoms in total. The van der Waals surface area contributed by atoms with Crippen molar-refractivity contribution in [2.75, 3.05) is 0 Å². The Balaban J connectivity index is 1.97. The van der Waals surface area contributed by atoms with Crippen LogP contribution in [-0.2, 0) is 6.42 Å². The molecule has 1 unspecified atom stereocenters. The van der Waals surface area contributed by atoms with E-state index in [9.17, 15) is 0 Å². The van der Waals surface area contributed by atoms with E-state index < -0.39 is 0 Å². The first-order valence-corrected chi connectivity index (χ1v) is 9.16. The number of halogens is 1. The van der Waals surface area contributed by atoms with Crippen LogP contribution in [0.25, 0.3) is 5.57 Å². The van der Waals surface area contributed by atoms with Crippen LogP contribution >= 0.6 is 11.6 Å². The second kappa shape index (κ2) is 8.03. The molecule has 1 heteroatoms. The van der Waals surface area contributed by atoms with Crippen molar-refractivity contribution in [2.24, 2.45) is 11.3 Å². The summed E-state index contributed by atoms with van der Waals surface area (Å²) in [7, 11) is 0. The van der Waals surface area contributed by atoms with Gasteiger partial charge in [-0.15, -0.1) is 0 Å². The first-order valence-electron chi connectivity index (χ1n) is 8.79. The molecule has 0 aliphatic rings. The van der Waals surface area contributed by atoms with Gasteiger partial charge in [-0.1, -0.05) is 82.3 Å². The minimum atomic E-state index is 0.425. The average molecular weight is 341 g/mol. The van der Waals surface area contributed by atoms with Crippen LogP contribution in [0.5, 0.6) is 0 Å². The van der Waals surface area contributed by atoms with Crippen molar-refractivity contribution in [3.05, 3.63) is 76.8 Å². The smallest absolute Gasteiger partial charge is 0.0406 e. The van der Waals surface area contributed by atoms with Gasteiger partial charge in [0, 0.05) is 5.02 Å². The van der Waals surface area contributed by atoms with Crippen LogP contribution in [0.3, 0.4) is 0 Å². The molecule has 2 rings (SSSR count). The SMILES string of the molecule is C=C(c1ccc(Cl)cc1)c1ccc(CC(C)CCC(C)(C)C)cc1. The molecule has 0 aliphatic carbocycles. The zero-order valence-electron chi connectivity index (χ0n) is 15.4. The third-order valence-corrected chi connectivity index (χ3v) is 4.72. The summed E-state index contributed by atoms with van der Waals surface area (Å²) in [4.78, 5) is 0. The lowest BCUT2D eigenvalue weighted by Gasteiger charge is -2.21. The standard InChI is InChI=1S/C23H29Cl/c1-17(14-15-23(3,4)5)16-19-6-8-20(9-7-19)18(2)21-10-12-22(24)13-11-21/h6-13,17H,2,14-16H2,1,3-5H3. The Morgan fingerprint density at radius 1 is 0.958 bits per heavy atom. The second-order valence-electron chi connectivity index (χ2n) is 8.09. The molecule has 1 atom stereocenters. The third-order valence-electron chi connectivity index (χ3n) is 4.47. The van der Waals surface area contributed by atoms with Crippen LogP contribution in [0.2, 0.25) is 5.02 Å². The van der Waals surface area contributed by atoms with Gasteiger partial charge in [0.05, 0.1) is 0 Å². The number of hydrogen-bond donors (Lipinski definition) is 0. The molecular formula is C23H29Cl. The Hall–Kier alpha value is -1.53.